The van der Waals surface area contributed by atoms with E-state index in [1.165, 1.54) is 16.8 Å². The second-order valence-corrected chi connectivity index (χ2v) is 11.7. The van der Waals surface area contributed by atoms with Crippen molar-refractivity contribution < 1.29 is 42.1 Å². The molecule has 0 fully saturated rings. The van der Waals surface area contributed by atoms with E-state index in [2.05, 4.69) is 5.32 Å². The van der Waals surface area contributed by atoms with E-state index in [4.69, 9.17) is 9.47 Å². The lowest BCUT2D eigenvalue weighted by Crippen LogP contribution is -2.48. The van der Waals surface area contributed by atoms with Crippen LogP contribution in [0.3, 0.4) is 0 Å². The molecule has 2 aromatic rings. The van der Waals surface area contributed by atoms with Crippen LogP contribution >= 0.6 is 0 Å². The number of anilines is 1. The molecular formula is C33H44F3N3O6. The molecule has 2 N–H and O–H groups in total. The summed E-state index contributed by atoms with van der Waals surface area (Å²) >= 11 is 0. The minimum Gasteiger partial charge on any atom is -0.490 e. The molecule has 3 amide bonds. The third-order valence-electron chi connectivity index (χ3n) is 7.85. The number of fused-ring (bicyclic) bond motifs is 1. The predicted octanol–water partition coefficient (Wildman–Crippen LogP) is 5.54. The fourth-order valence-corrected chi connectivity index (χ4v) is 5.07. The van der Waals surface area contributed by atoms with Crippen LogP contribution in [0.15, 0.2) is 48.5 Å². The van der Waals surface area contributed by atoms with Crippen molar-refractivity contribution in [3.8, 4) is 5.75 Å². The van der Waals surface area contributed by atoms with Gasteiger partial charge in [0.1, 0.15) is 5.75 Å². The van der Waals surface area contributed by atoms with Crippen LogP contribution in [-0.4, -0.2) is 90.4 Å². The first-order valence-corrected chi connectivity index (χ1v) is 15.3. The average molecular weight is 636 g/mol. The van der Waals surface area contributed by atoms with E-state index in [-0.39, 0.29) is 43.2 Å². The fourth-order valence-electron chi connectivity index (χ4n) is 5.07. The zero-order valence-corrected chi connectivity index (χ0v) is 26.3. The van der Waals surface area contributed by atoms with E-state index < -0.39 is 43.0 Å². The van der Waals surface area contributed by atoms with Gasteiger partial charge in [-0.25, -0.2) is 0 Å². The molecule has 0 bridgehead atoms. The van der Waals surface area contributed by atoms with E-state index in [1.54, 1.807) is 55.5 Å². The van der Waals surface area contributed by atoms with Crippen LogP contribution in [0.5, 0.6) is 5.75 Å². The SMILES string of the molecule is C[C@@H]1CCCCO[C@H](CN(C)C(=O)CCC(F)(F)F)[C@@H](C)CN([C@@H](C)CO)C(=O)c2cc(NC(=O)c3ccccc3)ccc2O1. The highest BCUT2D eigenvalue weighted by Gasteiger charge is 2.32. The number of amides is 3. The number of carbonyl (C=O) groups is 3. The summed E-state index contributed by atoms with van der Waals surface area (Å²) in [5.41, 5.74) is 1.04. The summed E-state index contributed by atoms with van der Waals surface area (Å²) in [5, 5.41) is 12.9. The summed E-state index contributed by atoms with van der Waals surface area (Å²) in [5.74, 6) is -1.46. The number of hydrogen-bond acceptors (Lipinski definition) is 6. The van der Waals surface area contributed by atoms with E-state index in [0.717, 1.165) is 6.42 Å². The number of rotatable bonds is 8. The van der Waals surface area contributed by atoms with Crippen molar-refractivity contribution in [1.29, 1.82) is 0 Å². The van der Waals surface area contributed by atoms with Crippen LogP contribution < -0.4 is 10.1 Å². The lowest BCUT2D eigenvalue weighted by atomic mass is 10.0. The lowest BCUT2D eigenvalue weighted by molar-refractivity contribution is -0.149. The minimum atomic E-state index is -4.44. The van der Waals surface area contributed by atoms with Crippen molar-refractivity contribution in [3.05, 3.63) is 59.7 Å². The van der Waals surface area contributed by atoms with Gasteiger partial charge in [0, 0.05) is 50.3 Å². The van der Waals surface area contributed by atoms with Crippen molar-refractivity contribution in [2.45, 2.75) is 77.3 Å². The summed E-state index contributed by atoms with van der Waals surface area (Å²) in [6.45, 7) is 5.61. The molecule has 4 atom stereocenters. The van der Waals surface area contributed by atoms with Crippen molar-refractivity contribution in [2.24, 2.45) is 5.92 Å². The van der Waals surface area contributed by atoms with Gasteiger partial charge in [0.15, 0.2) is 0 Å². The number of nitrogens with one attached hydrogen (secondary N) is 1. The van der Waals surface area contributed by atoms with Crippen LogP contribution in [-0.2, 0) is 9.53 Å². The molecule has 0 saturated carbocycles. The molecule has 2 aromatic carbocycles. The van der Waals surface area contributed by atoms with Crippen LogP contribution in [0.2, 0.25) is 0 Å². The Kier molecular flexibility index (Phi) is 13.2. The average Bonchev–Trinajstić information content (AvgIpc) is 3.01. The zero-order chi connectivity index (χ0) is 33.1. The van der Waals surface area contributed by atoms with Gasteiger partial charge >= 0.3 is 6.18 Å². The highest BCUT2D eigenvalue weighted by Crippen LogP contribution is 2.29. The predicted molar refractivity (Wildman–Crippen MR) is 164 cm³/mol. The van der Waals surface area contributed by atoms with Crippen molar-refractivity contribution in [3.63, 3.8) is 0 Å². The first kappa shape index (κ1) is 35.8. The lowest BCUT2D eigenvalue weighted by Gasteiger charge is -2.36. The molecule has 9 nitrogen and oxygen atoms in total. The topological polar surface area (TPSA) is 108 Å². The summed E-state index contributed by atoms with van der Waals surface area (Å²) in [4.78, 5) is 42.3. The Labute approximate surface area is 262 Å². The smallest absolute Gasteiger partial charge is 0.389 e. The van der Waals surface area contributed by atoms with E-state index in [1.807, 2.05) is 13.8 Å². The van der Waals surface area contributed by atoms with Gasteiger partial charge in [0.25, 0.3) is 11.8 Å². The highest BCUT2D eigenvalue weighted by molar-refractivity contribution is 6.05. The molecule has 45 heavy (non-hydrogen) atoms. The monoisotopic (exact) mass is 635 g/mol. The maximum absolute atomic E-state index is 14.2. The number of halogens is 3. The van der Waals surface area contributed by atoms with Crippen LogP contribution in [0.1, 0.15) is 73.6 Å². The summed E-state index contributed by atoms with van der Waals surface area (Å²) < 4.78 is 50.5. The van der Waals surface area contributed by atoms with Gasteiger partial charge in [-0.2, -0.15) is 13.2 Å². The summed E-state index contributed by atoms with van der Waals surface area (Å²) in [6.07, 6.45) is -5.03. The maximum atomic E-state index is 14.2. The fraction of sp³-hybridized carbons (Fsp3) is 0.545. The molecule has 0 spiro atoms. The molecule has 12 heteroatoms. The van der Waals surface area contributed by atoms with Crippen LogP contribution in [0.4, 0.5) is 18.9 Å². The molecule has 0 radical (unpaired) electrons. The van der Waals surface area contributed by atoms with E-state index >= 15 is 0 Å². The maximum Gasteiger partial charge on any atom is 0.389 e. The Morgan fingerprint density at radius 3 is 2.51 bits per heavy atom. The number of likely N-dealkylation sites (N-methyl/N-ethyl adjacent to an activating group) is 1. The van der Waals surface area contributed by atoms with Gasteiger partial charge in [-0.15, -0.1) is 0 Å². The Morgan fingerprint density at radius 1 is 1.13 bits per heavy atom. The van der Waals surface area contributed by atoms with Gasteiger partial charge < -0.3 is 29.7 Å². The molecule has 248 valence electrons. The van der Waals surface area contributed by atoms with Crippen molar-refractivity contribution in [1.82, 2.24) is 9.80 Å². The number of benzene rings is 2. The zero-order valence-electron chi connectivity index (χ0n) is 26.3. The number of aliphatic hydroxyl groups excluding tert-OH is 1. The number of carbonyl (C=O) groups excluding carboxylic acids is 3. The molecule has 1 aliphatic rings. The first-order valence-electron chi connectivity index (χ1n) is 15.3. The third kappa shape index (κ3) is 11.0. The Balaban J connectivity index is 1.91. The Hall–Kier alpha value is -3.64. The minimum absolute atomic E-state index is 0.0408. The number of nitrogens with zero attached hydrogens (tertiary/aromatic N) is 2. The van der Waals surface area contributed by atoms with Crippen molar-refractivity contribution >= 4 is 23.4 Å². The van der Waals surface area contributed by atoms with Gasteiger partial charge in [-0.3, -0.25) is 14.4 Å². The Bertz CT molecular complexity index is 1280. The van der Waals surface area contributed by atoms with E-state index in [0.29, 0.717) is 36.4 Å². The van der Waals surface area contributed by atoms with Crippen LogP contribution in [0, 0.1) is 5.92 Å². The number of hydrogen-bond donors (Lipinski definition) is 2. The molecule has 0 saturated heterocycles. The number of alkyl halides is 3. The quantitative estimate of drug-likeness (QED) is 0.395. The molecule has 0 aliphatic carbocycles. The van der Waals surface area contributed by atoms with Gasteiger partial charge in [0.2, 0.25) is 5.91 Å². The second-order valence-electron chi connectivity index (χ2n) is 11.7. The molecule has 1 aliphatic heterocycles. The van der Waals surface area contributed by atoms with Crippen molar-refractivity contribution in [2.75, 3.05) is 38.7 Å². The molecule has 0 aromatic heterocycles. The van der Waals surface area contributed by atoms with Crippen LogP contribution in [0.25, 0.3) is 0 Å². The molecule has 3 rings (SSSR count). The Morgan fingerprint density at radius 2 is 1.84 bits per heavy atom. The molecule has 0 unspecified atom stereocenters. The molecule has 1 heterocycles. The summed E-state index contributed by atoms with van der Waals surface area (Å²) in [6, 6.07) is 12.9. The first-order chi connectivity index (χ1) is 21.3. The second kappa shape index (κ2) is 16.6. The largest absolute Gasteiger partial charge is 0.490 e. The normalized spacial score (nSPS) is 20.8. The molecular weight excluding hydrogens is 591 g/mol. The highest BCUT2D eigenvalue weighted by atomic mass is 19.4. The van der Waals surface area contributed by atoms with Gasteiger partial charge in [0.05, 0.1) is 36.8 Å². The standard InChI is InChI=1S/C33H44F3N3O6/c1-22-19-39(23(2)21-40)32(43)27-18-26(37-31(42)25-11-6-5-7-12-25)13-14-28(27)45-24(3)10-8-9-17-44-29(22)20-38(4)30(41)15-16-33(34,35)36/h5-7,11-14,18,22-24,29,40H,8-10,15-17,19-21H2,1-4H3,(H,37,42)/t22-,23-,24+,29+/m0/s1. The third-order valence-corrected chi connectivity index (χ3v) is 7.85. The van der Waals surface area contributed by atoms with Gasteiger partial charge in [-0.05, 0) is 63.4 Å². The number of ether oxygens (including phenoxy) is 2. The number of aliphatic hydroxyl groups is 1. The summed E-state index contributed by atoms with van der Waals surface area (Å²) in [7, 11) is 1.44. The van der Waals surface area contributed by atoms with Gasteiger partial charge in [-0.1, -0.05) is 25.1 Å². The van der Waals surface area contributed by atoms with E-state index in [9.17, 15) is 32.7 Å².